The molecule has 8 nitrogen and oxygen atoms in total. The quantitative estimate of drug-likeness (QED) is 0.552. The number of furan rings is 1. The normalized spacial score (nSPS) is 10.1. The van der Waals surface area contributed by atoms with Crippen LogP contribution in [0.5, 0.6) is 5.75 Å². The number of amides is 1. The fourth-order valence-corrected chi connectivity index (χ4v) is 3.67. The maximum Gasteiger partial charge on any atom is 0.225 e. The minimum absolute atomic E-state index is 0.00577. The zero-order chi connectivity index (χ0) is 21.5. The van der Waals surface area contributed by atoms with Crippen LogP contribution in [-0.2, 0) is 4.79 Å². The Balaban J connectivity index is 1.75. The first-order valence-corrected chi connectivity index (χ1v) is 9.80. The van der Waals surface area contributed by atoms with Gasteiger partial charge < -0.3 is 20.2 Å². The van der Waals surface area contributed by atoms with Crippen molar-refractivity contribution < 1.29 is 13.9 Å². The second-order valence-corrected chi connectivity index (χ2v) is 7.09. The average Bonchev–Trinajstić information content (AvgIpc) is 3.28. The van der Waals surface area contributed by atoms with E-state index in [1.165, 1.54) is 18.0 Å². The van der Waals surface area contributed by atoms with Crippen LogP contribution in [0.2, 0.25) is 0 Å². The van der Waals surface area contributed by atoms with E-state index < -0.39 is 0 Å². The Bertz CT molecular complexity index is 1150. The van der Waals surface area contributed by atoms with Gasteiger partial charge in [0.05, 0.1) is 24.5 Å². The number of pyridine rings is 1. The van der Waals surface area contributed by atoms with Crippen LogP contribution in [0, 0.1) is 22.7 Å². The van der Waals surface area contributed by atoms with Gasteiger partial charge in [-0.3, -0.25) is 4.79 Å². The summed E-state index contributed by atoms with van der Waals surface area (Å²) in [5.74, 6) is 1.17. The van der Waals surface area contributed by atoms with Crippen LogP contribution in [0.25, 0.3) is 11.3 Å². The number of carbonyl (C=O) groups excluding carboxylic acids is 1. The SMILES string of the molecule is COc1cccc(NC(=O)CCSc2nc(N)c(C#N)c(-c3ccco3)c2C#N)c1. The van der Waals surface area contributed by atoms with E-state index in [9.17, 15) is 15.3 Å². The number of aromatic nitrogens is 1. The van der Waals surface area contributed by atoms with Gasteiger partial charge in [0, 0.05) is 23.9 Å². The van der Waals surface area contributed by atoms with Crippen molar-refractivity contribution >= 4 is 29.2 Å². The lowest BCUT2D eigenvalue weighted by molar-refractivity contribution is -0.115. The largest absolute Gasteiger partial charge is 0.497 e. The maximum atomic E-state index is 12.2. The van der Waals surface area contributed by atoms with Gasteiger partial charge in [-0.05, 0) is 24.3 Å². The molecule has 0 unspecified atom stereocenters. The van der Waals surface area contributed by atoms with Crippen molar-refractivity contribution in [2.45, 2.75) is 11.4 Å². The molecule has 2 heterocycles. The molecule has 0 bridgehead atoms. The molecule has 3 N–H and O–H groups in total. The Morgan fingerprint density at radius 3 is 2.73 bits per heavy atom. The van der Waals surface area contributed by atoms with E-state index in [1.807, 2.05) is 6.07 Å². The third kappa shape index (κ3) is 4.54. The number of carbonyl (C=O) groups is 1. The molecule has 0 aliphatic carbocycles. The number of anilines is 2. The first-order valence-electron chi connectivity index (χ1n) is 8.81. The van der Waals surface area contributed by atoms with Gasteiger partial charge in [-0.15, -0.1) is 11.8 Å². The number of nitrogens with two attached hydrogens (primary N) is 1. The van der Waals surface area contributed by atoms with E-state index in [4.69, 9.17) is 14.9 Å². The molecule has 0 saturated carbocycles. The van der Waals surface area contributed by atoms with Crippen LogP contribution in [-0.4, -0.2) is 23.8 Å². The lowest BCUT2D eigenvalue weighted by Gasteiger charge is -2.11. The number of nitriles is 2. The minimum atomic E-state index is -0.192. The first kappa shape index (κ1) is 20.8. The minimum Gasteiger partial charge on any atom is -0.497 e. The molecule has 0 saturated heterocycles. The fourth-order valence-electron chi connectivity index (χ4n) is 2.73. The summed E-state index contributed by atoms with van der Waals surface area (Å²) < 4.78 is 10.5. The first-order chi connectivity index (χ1) is 14.6. The number of nitrogens with one attached hydrogen (secondary N) is 1. The molecule has 150 valence electrons. The molecule has 3 rings (SSSR count). The van der Waals surface area contributed by atoms with Gasteiger partial charge in [-0.1, -0.05) is 6.07 Å². The van der Waals surface area contributed by atoms with Crippen LogP contribution >= 0.6 is 11.8 Å². The summed E-state index contributed by atoms with van der Waals surface area (Å²) >= 11 is 1.21. The molecule has 30 heavy (non-hydrogen) atoms. The highest BCUT2D eigenvalue weighted by atomic mass is 32.2. The van der Waals surface area contributed by atoms with Gasteiger partial charge in [-0.2, -0.15) is 10.5 Å². The van der Waals surface area contributed by atoms with Gasteiger partial charge in [0.25, 0.3) is 0 Å². The van der Waals surface area contributed by atoms with Crippen molar-refractivity contribution in [3.63, 3.8) is 0 Å². The highest BCUT2D eigenvalue weighted by Crippen LogP contribution is 2.35. The molecule has 0 radical (unpaired) electrons. The summed E-state index contributed by atoms with van der Waals surface area (Å²) in [6.07, 6.45) is 1.63. The van der Waals surface area contributed by atoms with Crippen LogP contribution in [0.4, 0.5) is 11.5 Å². The Kier molecular flexibility index (Phi) is 6.58. The molecule has 2 aromatic heterocycles. The number of ether oxygens (including phenoxy) is 1. The number of thioether (sulfide) groups is 1. The number of methoxy groups -OCH3 is 1. The zero-order valence-corrected chi connectivity index (χ0v) is 16.8. The number of rotatable bonds is 7. The van der Waals surface area contributed by atoms with Crippen LogP contribution < -0.4 is 15.8 Å². The molecule has 0 spiro atoms. The third-order valence-electron chi connectivity index (χ3n) is 4.10. The van der Waals surface area contributed by atoms with Crippen molar-refractivity contribution in [1.82, 2.24) is 4.98 Å². The van der Waals surface area contributed by atoms with Crippen molar-refractivity contribution in [2.75, 3.05) is 23.9 Å². The Morgan fingerprint density at radius 2 is 2.07 bits per heavy atom. The van der Waals surface area contributed by atoms with Gasteiger partial charge >= 0.3 is 0 Å². The standard InChI is InChI=1S/C21H17N5O3S/c1-28-14-5-2-4-13(10-14)25-18(27)7-9-30-21-16(12-23)19(17-6-3-8-29-17)15(11-22)20(24)26-21/h2-6,8,10H,7,9H2,1H3,(H2,24,26)(H,25,27). The van der Waals surface area contributed by atoms with Crippen LogP contribution in [0.3, 0.4) is 0 Å². The van der Waals surface area contributed by atoms with Gasteiger partial charge in [0.15, 0.2) is 0 Å². The topological polar surface area (TPSA) is 138 Å². The van der Waals surface area contributed by atoms with Crippen molar-refractivity contribution in [3.8, 4) is 29.2 Å². The number of nitrogen functional groups attached to an aromatic ring is 1. The lowest BCUT2D eigenvalue weighted by atomic mass is 10.0. The van der Waals surface area contributed by atoms with E-state index >= 15 is 0 Å². The molecule has 3 aromatic rings. The highest BCUT2D eigenvalue weighted by Gasteiger charge is 2.22. The van der Waals surface area contributed by atoms with Crippen molar-refractivity contribution in [2.24, 2.45) is 0 Å². The zero-order valence-electron chi connectivity index (χ0n) is 16.0. The summed E-state index contributed by atoms with van der Waals surface area (Å²) in [6.45, 7) is 0. The maximum absolute atomic E-state index is 12.2. The summed E-state index contributed by atoms with van der Waals surface area (Å²) in [7, 11) is 1.55. The fraction of sp³-hybridized carbons (Fsp3) is 0.143. The van der Waals surface area contributed by atoms with Gasteiger partial charge in [0.2, 0.25) is 5.91 Å². The number of hydrogen-bond donors (Lipinski definition) is 2. The third-order valence-corrected chi connectivity index (χ3v) is 5.08. The van der Waals surface area contributed by atoms with E-state index in [0.717, 1.165) is 0 Å². The molecule has 0 fully saturated rings. The Hall–Kier alpha value is -3.95. The molecule has 0 atom stereocenters. The summed E-state index contributed by atoms with van der Waals surface area (Å²) in [4.78, 5) is 16.4. The van der Waals surface area contributed by atoms with Crippen molar-refractivity contribution in [3.05, 3.63) is 53.8 Å². The molecule has 1 amide bonds. The predicted molar refractivity (Wildman–Crippen MR) is 113 cm³/mol. The van der Waals surface area contributed by atoms with E-state index in [0.29, 0.717) is 33.5 Å². The summed E-state index contributed by atoms with van der Waals surface area (Å²) in [5, 5.41) is 22.3. The lowest BCUT2D eigenvalue weighted by Crippen LogP contribution is -2.12. The molecular weight excluding hydrogens is 402 g/mol. The monoisotopic (exact) mass is 419 g/mol. The number of hydrogen-bond acceptors (Lipinski definition) is 8. The summed E-state index contributed by atoms with van der Waals surface area (Å²) in [5.41, 5.74) is 7.14. The summed E-state index contributed by atoms with van der Waals surface area (Å²) in [6, 6.07) is 14.4. The van der Waals surface area contributed by atoms with E-state index in [1.54, 1.807) is 43.5 Å². The van der Waals surface area contributed by atoms with Crippen molar-refractivity contribution in [1.29, 1.82) is 10.5 Å². The highest BCUT2D eigenvalue weighted by molar-refractivity contribution is 7.99. The average molecular weight is 419 g/mol. The van der Waals surface area contributed by atoms with E-state index in [2.05, 4.69) is 16.4 Å². The molecule has 0 aliphatic rings. The Morgan fingerprint density at radius 1 is 1.27 bits per heavy atom. The van der Waals surface area contributed by atoms with Gasteiger partial charge in [-0.25, -0.2) is 4.98 Å². The Labute approximate surface area is 177 Å². The second kappa shape index (κ2) is 9.50. The second-order valence-electron chi connectivity index (χ2n) is 6.01. The molecule has 9 heteroatoms. The van der Waals surface area contributed by atoms with E-state index in [-0.39, 0.29) is 29.3 Å². The smallest absolute Gasteiger partial charge is 0.225 e. The molecular formula is C21H17N5O3S. The number of nitrogens with zero attached hydrogens (tertiary/aromatic N) is 3. The predicted octanol–water partition coefficient (Wildman–Crippen LogP) is 3.80. The molecule has 0 aliphatic heterocycles. The number of benzene rings is 1. The molecule has 1 aromatic carbocycles. The van der Waals surface area contributed by atoms with Gasteiger partial charge in [0.1, 0.15) is 40.1 Å². The van der Waals surface area contributed by atoms with Crippen LogP contribution in [0.15, 0.2) is 52.1 Å². The van der Waals surface area contributed by atoms with Crippen LogP contribution in [0.1, 0.15) is 17.5 Å².